The van der Waals surface area contributed by atoms with Crippen molar-refractivity contribution in [1.82, 2.24) is 9.55 Å². The van der Waals surface area contributed by atoms with Crippen molar-refractivity contribution < 1.29 is 0 Å². The van der Waals surface area contributed by atoms with Gasteiger partial charge >= 0.3 is 0 Å². The number of hydrogen-bond donors (Lipinski definition) is 1. The highest BCUT2D eigenvalue weighted by Gasteiger charge is 2.21. The first-order valence-corrected chi connectivity index (χ1v) is 7.11. The molecule has 3 rings (SSSR count). The van der Waals surface area contributed by atoms with E-state index in [0.29, 0.717) is 4.77 Å². The molecule has 1 aliphatic carbocycles. The molecule has 0 radical (unpaired) electrons. The Morgan fingerprint density at radius 2 is 2.18 bits per heavy atom. The zero-order chi connectivity index (χ0) is 12.2. The van der Waals surface area contributed by atoms with Gasteiger partial charge in [-0.2, -0.15) is 0 Å². The second-order valence-electron chi connectivity index (χ2n) is 4.76. The van der Waals surface area contributed by atoms with E-state index in [-0.39, 0.29) is 11.6 Å². The van der Waals surface area contributed by atoms with Crippen LogP contribution in [0.25, 0.3) is 10.2 Å². The lowest BCUT2D eigenvalue weighted by Crippen LogP contribution is -2.23. The van der Waals surface area contributed by atoms with Gasteiger partial charge < -0.3 is 4.98 Å². The van der Waals surface area contributed by atoms with Crippen LogP contribution >= 0.6 is 23.6 Å². The highest BCUT2D eigenvalue weighted by Crippen LogP contribution is 2.34. The molecule has 0 aromatic carbocycles. The molecule has 2 aromatic rings. The standard InChI is InChI=1S/C12H14N2OS2/c1-6(2)14-11(15)9-7-4-3-5-8(7)17-10(9)13-12(14)16/h6H,3-5H2,1-2H3,(H,13,16). The van der Waals surface area contributed by atoms with Gasteiger partial charge in [0.2, 0.25) is 0 Å². The van der Waals surface area contributed by atoms with Crippen LogP contribution in [0.15, 0.2) is 4.79 Å². The van der Waals surface area contributed by atoms with Gasteiger partial charge in [-0.1, -0.05) is 0 Å². The first-order chi connectivity index (χ1) is 8.09. The van der Waals surface area contributed by atoms with Crippen molar-refractivity contribution in [2.75, 3.05) is 0 Å². The molecule has 0 aliphatic heterocycles. The Kier molecular flexibility index (Phi) is 2.48. The van der Waals surface area contributed by atoms with Gasteiger partial charge in [-0.15, -0.1) is 11.3 Å². The Morgan fingerprint density at radius 1 is 1.41 bits per heavy atom. The molecule has 2 heterocycles. The number of nitrogens with one attached hydrogen (secondary N) is 1. The van der Waals surface area contributed by atoms with Gasteiger partial charge in [0.1, 0.15) is 4.83 Å². The van der Waals surface area contributed by atoms with Gasteiger partial charge in [-0.25, -0.2) is 0 Å². The van der Waals surface area contributed by atoms with E-state index >= 15 is 0 Å². The first kappa shape index (κ1) is 11.2. The lowest BCUT2D eigenvalue weighted by Gasteiger charge is -2.10. The van der Waals surface area contributed by atoms with Crippen molar-refractivity contribution in [1.29, 1.82) is 0 Å². The van der Waals surface area contributed by atoms with Crippen LogP contribution in [-0.2, 0) is 12.8 Å². The molecule has 90 valence electrons. The summed E-state index contributed by atoms with van der Waals surface area (Å²) in [6.07, 6.45) is 3.32. The zero-order valence-electron chi connectivity index (χ0n) is 9.87. The molecule has 0 saturated carbocycles. The summed E-state index contributed by atoms with van der Waals surface area (Å²) < 4.78 is 2.22. The minimum Gasteiger partial charge on any atom is -0.323 e. The largest absolute Gasteiger partial charge is 0.323 e. The third kappa shape index (κ3) is 1.52. The summed E-state index contributed by atoms with van der Waals surface area (Å²) in [5, 5.41) is 0.879. The molecule has 0 saturated heterocycles. The molecule has 0 spiro atoms. The topological polar surface area (TPSA) is 37.8 Å². The average molecular weight is 266 g/mol. The number of H-pyrrole nitrogens is 1. The van der Waals surface area contributed by atoms with Crippen molar-refractivity contribution in [2.24, 2.45) is 0 Å². The maximum absolute atomic E-state index is 12.5. The fraction of sp³-hybridized carbons (Fsp3) is 0.500. The number of thiophene rings is 1. The number of aromatic amines is 1. The van der Waals surface area contributed by atoms with Gasteiger partial charge in [0.15, 0.2) is 4.77 Å². The van der Waals surface area contributed by atoms with Crippen molar-refractivity contribution in [3.63, 3.8) is 0 Å². The summed E-state index contributed by atoms with van der Waals surface area (Å²) in [5.74, 6) is 0. The predicted octanol–water partition coefficient (Wildman–Crippen LogP) is 3.19. The van der Waals surface area contributed by atoms with Crippen LogP contribution in [-0.4, -0.2) is 9.55 Å². The number of aryl methyl sites for hydroxylation is 2. The summed E-state index contributed by atoms with van der Waals surface area (Å²) in [5.41, 5.74) is 1.34. The van der Waals surface area contributed by atoms with Crippen LogP contribution in [0.4, 0.5) is 0 Å². The van der Waals surface area contributed by atoms with Gasteiger partial charge in [-0.05, 0) is 50.9 Å². The molecule has 5 heteroatoms. The molecule has 0 fully saturated rings. The van der Waals surface area contributed by atoms with E-state index in [1.54, 1.807) is 15.9 Å². The SMILES string of the molecule is CC(C)n1c(=S)[nH]c2sc3c(c2c1=O)CCC3. The molecular weight excluding hydrogens is 252 g/mol. The third-order valence-electron chi connectivity index (χ3n) is 3.31. The average Bonchev–Trinajstić information content (AvgIpc) is 2.74. The maximum Gasteiger partial charge on any atom is 0.263 e. The van der Waals surface area contributed by atoms with Gasteiger partial charge in [0.25, 0.3) is 5.56 Å². The monoisotopic (exact) mass is 266 g/mol. The summed E-state index contributed by atoms with van der Waals surface area (Å²) in [7, 11) is 0. The van der Waals surface area contributed by atoms with Gasteiger partial charge in [0.05, 0.1) is 5.39 Å². The number of nitrogens with zero attached hydrogens (tertiary/aromatic N) is 1. The summed E-state index contributed by atoms with van der Waals surface area (Å²) in [4.78, 5) is 18.0. The minimum atomic E-state index is 0.0816. The van der Waals surface area contributed by atoms with E-state index in [2.05, 4.69) is 4.98 Å². The van der Waals surface area contributed by atoms with E-state index in [1.165, 1.54) is 16.9 Å². The van der Waals surface area contributed by atoms with E-state index in [0.717, 1.165) is 23.1 Å². The zero-order valence-corrected chi connectivity index (χ0v) is 11.5. The van der Waals surface area contributed by atoms with Gasteiger partial charge in [0, 0.05) is 10.9 Å². The highest BCUT2D eigenvalue weighted by molar-refractivity contribution is 7.71. The molecule has 2 aromatic heterocycles. The predicted molar refractivity (Wildman–Crippen MR) is 73.7 cm³/mol. The molecule has 1 N–H and O–H groups in total. The normalized spacial score (nSPS) is 14.8. The fourth-order valence-corrected chi connectivity index (χ4v) is 4.30. The van der Waals surface area contributed by atoms with Crippen LogP contribution in [0.1, 0.15) is 36.8 Å². The Balaban J connectivity index is 2.48. The Morgan fingerprint density at radius 3 is 2.88 bits per heavy atom. The van der Waals surface area contributed by atoms with Crippen molar-refractivity contribution in [2.45, 2.75) is 39.2 Å². The molecule has 0 unspecified atom stereocenters. The Hall–Kier alpha value is -0.940. The number of rotatable bonds is 1. The highest BCUT2D eigenvalue weighted by atomic mass is 32.1. The quantitative estimate of drug-likeness (QED) is 0.805. The third-order valence-corrected chi connectivity index (χ3v) is 4.82. The Labute approximate surface area is 108 Å². The molecular formula is C12H14N2OS2. The lowest BCUT2D eigenvalue weighted by atomic mass is 10.2. The molecule has 0 atom stereocenters. The second-order valence-corrected chi connectivity index (χ2v) is 6.25. The molecule has 17 heavy (non-hydrogen) atoms. The van der Waals surface area contributed by atoms with Crippen LogP contribution in [0.3, 0.4) is 0 Å². The van der Waals surface area contributed by atoms with Crippen LogP contribution < -0.4 is 5.56 Å². The molecule has 3 nitrogen and oxygen atoms in total. The van der Waals surface area contributed by atoms with E-state index in [4.69, 9.17) is 12.2 Å². The van der Waals surface area contributed by atoms with Crippen molar-refractivity contribution in [3.05, 3.63) is 25.6 Å². The van der Waals surface area contributed by atoms with E-state index < -0.39 is 0 Å². The number of hydrogen-bond acceptors (Lipinski definition) is 3. The van der Waals surface area contributed by atoms with E-state index in [1.807, 2.05) is 13.8 Å². The molecule has 0 amide bonds. The first-order valence-electron chi connectivity index (χ1n) is 5.88. The summed E-state index contributed by atoms with van der Waals surface area (Å²) in [6, 6.07) is 0.104. The Bertz CT molecular complexity index is 706. The minimum absolute atomic E-state index is 0.0816. The lowest BCUT2D eigenvalue weighted by molar-refractivity contribution is 0.565. The molecule has 1 aliphatic rings. The van der Waals surface area contributed by atoms with Crippen molar-refractivity contribution in [3.8, 4) is 0 Å². The van der Waals surface area contributed by atoms with Crippen LogP contribution in [0.2, 0.25) is 0 Å². The van der Waals surface area contributed by atoms with E-state index in [9.17, 15) is 4.79 Å². The second kappa shape index (κ2) is 3.78. The summed E-state index contributed by atoms with van der Waals surface area (Å²) in [6.45, 7) is 3.98. The maximum atomic E-state index is 12.5. The van der Waals surface area contributed by atoms with Crippen molar-refractivity contribution >= 4 is 33.8 Å². The molecule has 0 bridgehead atoms. The smallest absolute Gasteiger partial charge is 0.263 e. The van der Waals surface area contributed by atoms with Crippen LogP contribution in [0, 0.1) is 4.77 Å². The number of aromatic nitrogens is 2. The van der Waals surface area contributed by atoms with Gasteiger partial charge in [-0.3, -0.25) is 9.36 Å². The fourth-order valence-electron chi connectivity index (χ4n) is 2.56. The summed E-state index contributed by atoms with van der Waals surface area (Å²) >= 11 is 6.96. The van der Waals surface area contributed by atoms with Crippen LogP contribution in [0.5, 0.6) is 0 Å². The number of fused-ring (bicyclic) bond motifs is 3.